The van der Waals surface area contributed by atoms with Gasteiger partial charge in [0.05, 0.1) is 0 Å². The number of furan rings is 1. The van der Waals surface area contributed by atoms with E-state index < -0.39 is 0 Å². The van der Waals surface area contributed by atoms with Gasteiger partial charge in [0.25, 0.3) is 0 Å². The van der Waals surface area contributed by atoms with Crippen molar-refractivity contribution < 1.29 is 4.42 Å². The summed E-state index contributed by atoms with van der Waals surface area (Å²) in [7, 11) is 0. The van der Waals surface area contributed by atoms with Crippen molar-refractivity contribution in [2.24, 2.45) is 0 Å². The molecule has 0 fully saturated rings. The maximum atomic E-state index is 6.40. The molecule has 8 aromatic carbocycles. The lowest BCUT2D eigenvalue weighted by Gasteiger charge is -2.04. The lowest BCUT2D eigenvalue weighted by molar-refractivity contribution is 0.669. The first-order valence-corrected chi connectivity index (χ1v) is 21.0. The maximum absolute atomic E-state index is 6.40. The van der Waals surface area contributed by atoms with E-state index in [-0.39, 0.29) is 0 Å². The van der Waals surface area contributed by atoms with Gasteiger partial charge in [-0.05, 0) is 101 Å². The Morgan fingerprint density at radius 1 is 0.283 bits per heavy atom. The Hall–Kier alpha value is -5.56. The Morgan fingerprint density at radius 2 is 0.736 bits per heavy atom. The molecule has 5 aromatic heterocycles. The molecule has 0 aliphatic heterocycles. The molecule has 0 saturated carbocycles. The fourth-order valence-corrected chi connectivity index (χ4v) is 13.2. The Kier molecular flexibility index (Phi) is 5.75. The van der Waals surface area contributed by atoms with Crippen LogP contribution in [0.25, 0.3) is 125 Å². The van der Waals surface area contributed by atoms with Gasteiger partial charge in [0.2, 0.25) is 0 Å². The Labute approximate surface area is 318 Å². The summed E-state index contributed by atoms with van der Waals surface area (Å²) in [6.07, 6.45) is 0. The van der Waals surface area contributed by atoms with Crippen LogP contribution in [0.2, 0.25) is 0 Å². The van der Waals surface area contributed by atoms with Gasteiger partial charge in [-0.25, -0.2) is 0 Å². The summed E-state index contributed by atoms with van der Waals surface area (Å²) >= 11 is 7.58. The van der Waals surface area contributed by atoms with E-state index in [0.29, 0.717) is 0 Å². The van der Waals surface area contributed by atoms with Gasteiger partial charge >= 0.3 is 0 Å². The van der Waals surface area contributed by atoms with E-state index in [2.05, 4.69) is 146 Å². The van der Waals surface area contributed by atoms with Crippen LogP contribution >= 0.6 is 45.3 Å². The van der Waals surface area contributed by atoms with E-state index in [0.717, 1.165) is 21.9 Å². The third-order valence-electron chi connectivity index (χ3n) is 11.1. The minimum atomic E-state index is 0.918. The lowest BCUT2D eigenvalue weighted by Crippen LogP contribution is -1.79. The Balaban J connectivity index is 0.934. The summed E-state index contributed by atoms with van der Waals surface area (Å²) in [5.74, 6) is 0. The van der Waals surface area contributed by atoms with Crippen molar-refractivity contribution in [2.75, 3.05) is 0 Å². The van der Waals surface area contributed by atoms with E-state index in [4.69, 9.17) is 4.42 Å². The second kappa shape index (κ2) is 10.5. The van der Waals surface area contributed by atoms with Crippen LogP contribution < -0.4 is 0 Å². The lowest BCUT2D eigenvalue weighted by atomic mass is 9.98. The van der Waals surface area contributed by atoms with E-state index in [1.165, 1.54) is 103 Å². The zero-order chi connectivity index (χ0) is 34.4. The van der Waals surface area contributed by atoms with Crippen molar-refractivity contribution in [3.8, 4) is 22.3 Å². The Bertz CT molecular complexity index is 3700. The number of thiophene rings is 4. The van der Waals surface area contributed by atoms with Crippen molar-refractivity contribution in [3.05, 3.63) is 146 Å². The molecule has 0 unspecified atom stereocenters. The summed E-state index contributed by atoms with van der Waals surface area (Å²) in [5.41, 5.74) is 6.69. The second-order valence-electron chi connectivity index (χ2n) is 14.0. The summed E-state index contributed by atoms with van der Waals surface area (Å²) in [4.78, 5) is 0. The fraction of sp³-hybridized carbons (Fsp3) is 0. The van der Waals surface area contributed by atoms with Crippen molar-refractivity contribution in [1.29, 1.82) is 0 Å². The van der Waals surface area contributed by atoms with Crippen LogP contribution in [-0.2, 0) is 0 Å². The first-order valence-electron chi connectivity index (χ1n) is 17.7. The highest BCUT2D eigenvalue weighted by atomic mass is 32.1. The molecular weight excluding hydrogens is 721 g/mol. The van der Waals surface area contributed by atoms with E-state index in [1.54, 1.807) is 0 Å². The molecule has 0 saturated heterocycles. The van der Waals surface area contributed by atoms with Gasteiger partial charge in [0, 0.05) is 91.5 Å². The topological polar surface area (TPSA) is 13.1 Å². The van der Waals surface area contributed by atoms with Crippen LogP contribution in [0.5, 0.6) is 0 Å². The van der Waals surface area contributed by atoms with Gasteiger partial charge in [-0.2, -0.15) is 0 Å². The van der Waals surface area contributed by atoms with Crippen LogP contribution in [-0.4, -0.2) is 0 Å². The number of hydrogen-bond acceptors (Lipinski definition) is 5. The normalized spacial score (nSPS) is 12.5. The SMILES string of the molecule is c1ccc2c(c1)sc1cc3c(cc12)sc1ccc(-c2ccc4oc5ccc(-c6ccc7sc8c(ccc9sc%10ccccc%10c98)c7c6)cc5c4c2)cc13. The largest absolute Gasteiger partial charge is 0.456 e. The summed E-state index contributed by atoms with van der Waals surface area (Å²) in [6.45, 7) is 0. The minimum absolute atomic E-state index is 0.918. The third-order valence-corrected chi connectivity index (χ3v) is 15.7. The van der Waals surface area contributed by atoms with Crippen molar-refractivity contribution in [1.82, 2.24) is 0 Å². The highest BCUT2D eigenvalue weighted by Crippen LogP contribution is 2.46. The summed E-state index contributed by atoms with van der Waals surface area (Å²) < 4.78 is 17.2. The quantitative estimate of drug-likeness (QED) is 0.172. The molecule has 5 heterocycles. The summed E-state index contributed by atoms with van der Waals surface area (Å²) in [5, 5.41) is 13.1. The molecule has 0 N–H and O–H groups in total. The maximum Gasteiger partial charge on any atom is 0.135 e. The Morgan fingerprint density at radius 3 is 1.42 bits per heavy atom. The van der Waals surface area contributed by atoms with Gasteiger partial charge < -0.3 is 4.42 Å². The summed E-state index contributed by atoms with van der Waals surface area (Å²) in [6, 6.07) is 54.3. The number of rotatable bonds is 2. The highest BCUT2D eigenvalue weighted by Gasteiger charge is 2.16. The molecule has 0 bridgehead atoms. The smallest absolute Gasteiger partial charge is 0.135 e. The first-order chi connectivity index (χ1) is 26.2. The second-order valence-corrected chi connectivity index (χ2v) is 18.3. The number of benzene rings is 8. The highest BCUT2D eigenvalue weighted by molar-refractivity contribution is 7.30. The molecule has 13 rings (SSSR count). The monoisotopic (exact) mass is 744 g/mol. The predicted molar refractivity (Wildman–Crippen MR) is 236 cm³/mol. The van der Waals surface area contributed by atoms with Gasteiger partial charge in [-0.3, -0.25) is 0 Å². The van der Waals surface area contributed by atoms with Crippen molar-refractivity contribution in [3.63, 3.8) is 0 Å². The molecule has 13 aromatic rings. The molecule has 1 nitrogen and oxygen atoms in total. The van der Waals surface area contributed by atoms with Crippen LogP contribution in [0, 0.1) is 0 Å². The minimum Gasteiger partial charge on any atom is -0.456 e. The van der Waals surface area contributed by atoms with Gasteiger partial charge in [-0.1, -0.05) is 66.7 Å². The fourth-order valence-electron chi connectivity index (χ4n) is 8.53. The zero-order valence-corrected chi connectivity index (χ0v) is 31.2. The molecule has 0 radical (unpaired) electrons. The standard InChI is InChI=1S/C48H24OS4/c1-3-7-40-29(5-1)36-23-46-37(24-45(36)51-40)35-22-28(11-16-42(35)52-46)26-10-15-39-33(20-26)32-19-25(9-14-38(32)49-39)27-12-17-43-34(21-27)30-13-18-44-47(48(30)53-43)31-6-2-4-8-41(31)50-44/h1-24H. The number of fused-ring (bicyclic) bond motifs is 16. The molecule has 0 spiro atoms. The molecule has 0 aliphatic carbocycles. The zero-order valence-electron chi connectivity index (χ0n) is 27.9. The molecule has 0 amide bonds. The molecule has 0 aliphatic rings. The van der Waals surface area contributed by atoms with Crippen LogP contribution in [0.4, 0.5) is 0 Å². The van der Waals surface area contributed by atoms with E-state index in [9.17, 15) is 0 Å². The van der Waals surface area contributed by atoms with Crippen molar-refractivity contribution in [2.45, 2.75) is 0 Å². The van der Waals surface area contributed by atoms with Gasteiger partial charge in [0.1, 0.15) is 11.2 Å². The first kappa shape index (κ1) is 29.0. The van der Waals surface area contributed by atoms with Gasteiger partial charge in [0.15, 0.2) is 0 Å². The van der Waals surface area contributed by atoms with Crippen molar-refractivity contribution >= 4 is 148 Å². The molecule has 5 heteroatoms. The molecular formula is C48H24OS4. The van der Waals surface area contributed by atoms with E-state index >= 15 is 0 Å². The average molecular weight is 745 g/mol. The number of hydrogen-bond donors (Lipinski definition) is 0. The average Bonchev–Trinajstić information content (AvgIpc) is 4.01. The van der Waals surface area contributed by atoms with Gasteiger partial charge in [-0.15, -0.1) is 45.3 Å². The third kappa shape index (κ3) is 4.11. The molecule has 246 valence electrons. The molecule has 0 atom stereocenters. The molecule has 53 heavy (non-hydrogen) atoms. The van der Waals surface area contributed by atoms with Crippen LogP contribution in [0.15, 0.2) is 150 Å². The van der Waals surface area contributed by atoms with Crippen LogP contribution in [0.1, 0.15) is 0 Å². The van der Waals surface area contributed by atoms with E-state index in [1.807, 2.05) is 45.3 Å². The predicted octanol–water partition coefficient (Wildman–Crippen LogP) is 16.4. The van der Waals surface area contributed by atoms with Crippen LogP contribution in [0.3, 0.4) is 0 Å².